The summed E-state index contributed by atoms with van der Waals surface area (Å²) in [7, 11) is 0. The van der Waals surface area contributed by atoms with E-state index in [9.17, 15) is 0 Å². The number of thiazole rings is 1. The van der Waals surface area contributed by atoms with Gasteiger partial charge in [0.25, 0.3) is 0 Å². The first kappa shape index (κ1) is 16.0. The van der Waals surface area contributed by atoms with Crippen molar-refractivity contribution in [2.45, 2.75) is 27.2 Å². The third-order valence-electron chi connectivity index (χ3n) is 2.84. The number of guanidine groups is 1. The summed E-state index contributed by atoms with van der Waals surface area (Å²) in [6.45, 7) is 7.87. The number of nitrogens with zero attached hydrogens (tertiary/aromatic N) is 2. The van der Waals surface area contributed by atoms with E-state index >= 15 is 0 Å². The molecule has 6 heteroatoms. The van der Waals surface area contributed by atoms with Gasteiger partial charge in [0.2, 0.25) is 0 Å². The Kier molecular flexibility index (Phi) is 5.76. The highest BCUT2D eigenvalue weighted by atomic mass is 32.1. The molecular weight excluding hydrogens is 300 g/mol. The Morgan fingerprint density at radius 2 is 2.24 bits per heavy atom. The standard InChI is InChI=1S/C15H22N4S2/c1-10(2)8-18-15(16)17-7-6-12-4-5-14(21-12)13-9-20-11(3)19-13/h4-5,9-10H,6-8H2,1-3H3,(H3,16,17,18). The molecule has 0 aliphatic carbocycles. The predicted octanol–water partition coefficient (Wildman–Crippen LogP) is 3.28. The maximum atomic E-state index is 5.82. The Hall–Kier alpha value is -1.40. The van der Waals surface area contributed by atoms with E-state index in [1.54, 1.807) is 22.7 Å². The summed E-state index contributed by atoms with van der Waals surface area (Å²) in [4.78, 5) is 11.4. The second-order valence-corrected chi connectivity index (χ2v) is 7.54. The van der Waals surface area contributed by atoms with E-state index in [1.807, 2.05) is 6.92 Å². The molecule has 0 fully saturated rings. The van der Waals surface area contributed by atoms with Crippen LogP contribution in [-0.4, -0.2) is 24.0 Å². The van der Waals surface area contributed by atoms with Gasteiger partial charge in [-0.25, -0.2) is 4.98 Å². The topological polar surface area (TPSA) is 63.3 Å². The minimum atomic E-state index is 0.534. The molecule has 3 N–H and O–H groups in total. The summed E-state index contributed by atoms with van der Waals surface area (Å²) < 4.78 is 0. The van der Waals surface area contributed by atoms with Crippen molar-refractivity contribution in [1.29, 1.82) is 0 Å². The van der Waals surface area contributed by atoms with Gasteiger partial charge in [-0.2, -0.15) is 0 Å². The number of hydrogen-bond donors (Lipinski definition) is 2. The van der Waals surface area contributed by atoms with Crippen LogP contribution in [0.2, 0.25) is 0 Å². The molecule has 2 aromatic heterocycles. The summed E-state index contributed by atoms with van der Waals surface area (Å²) in [5, 5.41) is 6.38. The highest BCUT2D eigenvalue weighted by Gasteiger charge is 2.06. The van der Waals surface area contributed by atoms with Crippen LogP contribution in [0.3, 0.4) is 0 Å². The molecule has 0 aliphatic heterocycles. The molecule has 114 valence electrons. The molecular formula is C15H22N4S2. The smallest absolute Gasteiger partial charge is 0.188 e. The number of hydrogen-bond acceptors (Lipinski definition) is 4. The molecule has 2 rings (SSSR count). The molecule has 0 saturated carbocycles. The van der Waals surface area contributed by atoms with Crippen LogP contribution >= 0.6 is 22.7 Å². The van der Waals surface area contributed by atoms with Crippen molar-refractivity contribution in [3.63, 3.8) is 0 Å². The van der Waals surface area contributed by atoms with Crippen molar-refractivity contribution < 1.29 is 0 Å². The lowest BCUT2D eigenvalue weighted by Gasteiger charge is -2.05. The van der Waals surface area contributed by atoms with Crippen LogP contribution in [-0.2, 0) is 6.42 Å². The van der Waals surface area contributed by atoms with Gasteiger partial charge in [-0.3, -0.25) is 4.99 Å². The summed E-state index contributed by atoms with van der Waals surface area (Å²) >= 11 is 3.48. The van der Waals surface area contributed by atoms with Crippen LogP contribution in [0.1, 0.15) is 23.7 Å². The van der Waals surface area contributed by atoms with E-state index in [2.05, 4.69) is 46.7 Å². The predicted molar refractivity (Wildman–Crippen MR) is 93.2 cm³/mol. The molecule has 2 heterocycles. The Labute approximate surface area is 134 Å². The van der Waals surface area contributed by atoms with Crippen molar-refractivity contribution >= 4 is 28.6 Å². The van der Waals surface area contributed by atoms with Gasteiger partial charge in [0.15, 0.2) is 5.96 Å². The van der Waals surface area contributed by atoms with Crippen LogP contribution in [0.25, 0.3) is 10.6 Å². The normalized spacial score (nSPS) is 12.1. The van der Waals surface area contributed by atoms with Gasteiger partial charge in [-0.1, -0.05) is 13.8 Å². The van der Waals surface area contributed by atoms with E-state index in [1.165, 1.54) is 9.75 Å². The maximum absolute atomic E-state index is 5.82. The zero-order valence-corrected chi connectivity index (χ0v) is 14.4. The number of rotatable bonds is 6. The Balaban J connectivity index is 1.82. The van der Waals surface area contributed by atoms with Gasteiger partial charge < -0.3 is 11.1 Å². The van der Waals surface area contributed by atoms with Gasteiger partial charge >= 0.3 is 0 Å². The molecule has 0 bridgehead atoms. The maximum Gasteiger partial charge on any atom is 0.188 e. The fourth-order valence-corrected chi connectivity index (χ4v) is 3.43. The lowest BCUT2D eigenvalue weighted by molar-refractivity contribution is 0.661. The summed E-state index contributed by atoms with van der Waals surface area (Å²) in [5.74, 6) is 1.07. The van der Waals surface area contributed by atoms with Crippen molar-refractivity contribution in [2.24, 2.45) is 16.6 Å². The van der Waals surface area contributed by atoms with Crippen LogP contribution in [0.5, 0.6) is 0 Å². The van der Waals surface area contributed by atoms with E-state index in [0.717, 1.165) is 30.2 Å². The zero-order chi connectivity index (χ0) is 15.2. The molecule has 0 unspecified atom stereocenters. The Bertz CT molecular complexity index is 598. The van der Waals surface area contributed by atoms with Crippen molar-refractivity contribution in [3.8, 4) is 10.6 Å². The largest absolute Gasteiger partial charge is 0.370 e. The Morgan fingerprint density at radius 3 is 2.90 bits per heavy atom. The number of nitrogens with two attached hydrogens (primary N) is 1. The number of aryl methyl sites for hydroxylation is 1. The molecule has 2 aromatic rings. The summed E-state index contributed by atoms with van der Waals surface area (Å²) in [6.07, 6.45) is 0.950. The highest BCUT2D eigenvalue weighted by molar-refractivity contribution is 7.16. The second kappa shape index (κ2) is 7.56. The lowest BCUT2D eigenvalue weighted by atomic mass is 10.2. The SMILES string of the molecule is Cc1nc(-c2ccc(CCNC(N)=NCC(C)C)s2)cs1. The Morgan fingerprint density at radius 1 is 1.43 bits per heavy atom. The molecule has 21 heavy (non-hydrogen) atoms. The quantitative estimate of drug-likeness (QED) is 0.633. The third-order valence-corrected chi connectivity index (χ3v) is 4.78. The van der Waals surface area contributed by atoms with Crippen LogP contribution in [0.15, 0.2) is 22.5 Å². The first-order valence-electron chi connectivity index (χ1n) is 7.09. The average molecular weight is 323 g/mol. The monoisotopic (exact) mass is 322 g/mol. The first-order valence-corrected chi connectivity index (χ1v) is 8.79. The zero-order valence-electron chi connectivity index (χ0n) is 12.7. The van der Waals surface area contributed by atoms with Crippen molar-refractivity contribution in [1.82, 2.24) is 10.3 Å². The number of thiophene rings is 1. The second-order valence-electron chi connectivity index (χ2n) is 5.31. The van der Waals surface area contributed by atoms with E-state index in [4.69, 9.17) is 5.73 Å². The molecule has 0 atom stereocenters. The lowest BCUT2D eigenvalue weighted by Crippen LogP contribution is -2.33. The van der Waals surface area contributed by atoms with E-state index in [0.29, 0.717) is 11.9 Å². The molecule has 0 saturated heterocycles. The minimum absolute atomic E-state index is 0.534. The van der Waals surface area contributed by atoms with E-state index < -0.39 is 0 Å². The molecule has 0 spiro atoms. The average Bonchev–Trinajstić information content (AvgIpc) is 3.05. The molecule has 0 radical (unpaired) electrons. The number of nitrogens with one attached hydrogen (secondary N) is 1. The summed E-state index contributed by atoms with van der Waals surface area (Å²) in [6, 6.07) is 4.31. The van der Waals surface area contributed by atoms with Crippen molar-refractivity contribution in [3.05, 3.63) is 27.4 Å². The van der Waals surface area contributed by atoms with Crippen LogP contribution in [0.4, 0.5) is 0 Å². The minimum Gasteiger partial charge on any atom is -0.370 e. The number of aliphatic imine (C=N–C) groups is 1. The number of aromatic nitrogens is 1. The van der Waals surface area contributed by atoms with Gasteiger partial charge in [-0.15, -0.1) is 22.7 Å². The fraction of sp³-hybridized carbons (Fsp3) is 0.467. The highest BCUT2D eigenvalue weighted by Crippen LogP contribution is 2.29. The molecule has 4 nitrogen and oxygen atoms in total. The van der Waals surface area contributed by atoms with Gasteiger partial charge in [-0.05, 0) is 31.4 Å². The molecule has 0 aliphatic rings. The van der Waals surface area contributed by atoms with Crippen LogP contribution in [0, 0.1) is 12.8 Å². The van der Waals surface area contributed by atoms with Gasteiger partial charge in [0.05, 0.1) is 15.6 Å². The molecule has 0 aromatic carbocycles. The molecule has 0 amide bonds. The van der Waals surface area contributed by atoms with Crippen molar-refractivity contribution in [2.75, 3.05) is 13.1 Å². The van der Waals surface area contributed by atoms with Crippen LogP contribution < -0.4 is 11.1 Å². The fourth-order valence-electron chi connectivity index (χ4n) is 1.78. The summed E-state index contributed by atoms with van der Waals surface area (Å²) in [5.41, 5.74) is 6.90. The third kappa shape index (κ3) is 5.13. The van der Waals surface area contributed by atoms with E-state index in [-0.39, 0.29) is 0 Å². The van der Waals surface area contributed by atoms with Gasteiger partial charge in [0.1, 0.15) is 0 Å². The first-order chi connectivity index (χ1) is 10.0. The van der Waals surface area contributed by atoms with Gasteiger partial charge in [0, 0.05) is 23.3 Å².